The van der Waals surface area contributed by atoms with E-state index in [2.05, 4.69) is 9.71 Å². The van der Waals surface area contributed by atoms with Gasteiger partial charge in [-0.1, -0.05) is 0 Å². The molecule has 0 aromatic carbocycles. The average molecular weight is 329 g/mol. The third-order valence-electron chi connectivity index (χ3n) is 3.68. The molecule has 1 unspecified atom stereocenters. The minimum Gasteiger partial charge on any atom is -0.356 e. The van der Waals surface area contributed by atoms with E-state index < -0.39 is 15.1 Å². The van der Waals surface area contributed by atoms with E-state index in [0.29, 0.717) is 17.9 Å². The number of nitro groups is 1. The maximum atomic E-state index is 10.9. The van der Waals surface area contributed by atoms with Crippen LogP contribution in [-0.2, 0) is 10.2 Å². The van der Waals surface area contributed by atoms with Gasteiger partial charge in [-0.2, -0.15) is 8.42 Å². The van der Waals surface area contributed by atoms with Crippen molar-refractivity contribution >= 4 is 21.7 Å². The molecule has 1 atom stereocenters. The van der Waals surface area contributed by atoms with Gasteiger partial charge in [0.15, 0.2) is 0 Å². The number of anilines is 1. The second-order valence-corrected chi connectivity index (χ2v) is 6.81. The first-order valence-electron chi connectivity index (χ1n) is 6.89. The largest absolute Gasteiger partial charge is 0.356 e. The molecule has 1 aromatic heterocycles. The van der Waals surface area contributed by atoms with Gasteiger partial charge in [-0.15, -0.1) is 0 Å². The van der Waals surface area contributed by atoms with Crippen molar-refractivity contribution in [3.63, 3.8) is 0 Å². The van der Waals surface area contributed by atoms with Crippen molar-refractivity contribution in [1.29, 1.82) is 0 Å². The molecule has 22 heavy (non-hydrogen) atoms. The smallest absolute Gasteiger partial charge is 0.290 e. The fourth-order valence-electron chi connectivity index (χ4n) is 2.57. The third-order valence-corrected chi connectivity index (χ3v) is 4.25. The highest BCUT2D eigenvalue weighted by molar-refractivity contribution is 7.87. The molecule has 10 heteroatoms. The van der Waals surface area contributed by atoms with Crippen LogP contribution in [0.15, 0.2) is 12.3 Å². The summed E-state index contributed by atoms with van der Waals surface area (Å²) in [6, 6.07) is 1.69. The first kappa shape index (κ1) is 16.6. The van der Waals surface area contributed by atoms with Gasteiger partial charge in [0.1, 0.15) is 12.0 Å². The predicted octanol–water partition coefficient (Wildman–Crippen LogP) is 0.308. The van der Waals surface area contributed by atoms with Gasteiger partial charge in [-0.25, -0.2) is 14.8 Å². The fraction of sp³-hybridized carbons (Fsp3) is 0.583. The second kappa shape index (κ2) is 6.55. The van der Waals surface area contributed by atoms with Crippen LogP contribution in [0.1, 0.15) is 18.4 Å². The molecule has 1 aromatic rings. The van der Waals surface area contributed by atoms with Crippen molar-refractivity contribution in [1.82, 2.24) is 9.71 Å². The average Bonchev–Trinajstić information content (AvgIpc) is 2.44. The van der Waals surface area contributed by atoms with E-state index in [1.54, 1.807) is 13.0 Å². The highest BCUT2D eigenvalue weighted by Gasteiger charge is 2.23. The van der Waals surface area contributed by atoms with Gasteiger partial charge in [0.05, 0.1) is 4.92 Å². The highest BCUT2D eigenvalue weighted by Crippen LogP contribution is 2.25. The second-order valence-electron chi connectivity index (χ2n) is 5.43. The van der Waals surface area contributed by atoms with Crippen LogP contribution in [0, 0.1) is 23.0 Å². The molecule has 9 nitrogen and oxygen atoms in total. The van der Waals surface area contributed by atoms with Crippen LogP contribution < -0.4 is 14.8 Å². The number of pyridine rings is 1. The number of hydrogen-bond donors (Lipinski definition) is 2. The van der Waals surface area contributed by atoms with Gasteiger partial charge in [-0.3, -0.25) is 10.1 Å². The summed E-state index contributed by atoms with van der Waals surface area (Å²) in [5.41, 5.74) is 0.549. The Bertz CT molecular complexity index is 663. The fourth-order valence-corrected chi connectivity index (χ4v) is 3.04. The van der Waals surface area contributed by atoms with Crippen molar-refractivity contribution in [3.05, 3.63) is 27.9 Å². The van der Waals surface area contributed by atoms with Crippen molar-refractivity contribution in [3.8, 4) is 0 Å². The van der Waals surface area contributed by atoms with Crippen LogP contribution in [0.2, 0.25) is 0 Å². The lowest BCUT2D eigenvalue weighted by atomic mass is 9.98. The number of piperidine rings is 1. The van der Waals surface area contributed by atoms with E-state index in [1.807, 2.05) is 4.90 Å². The summed E-state index contributed by atoms with van der Waals surface area (Å²) in [4.78, 5) is 16.5. The molecule has 1 aliphatic heterocycles. The Morgan fingerprint density at radius 3 is 2.91 bits per heavy atom. The first-order chi connectivity index (χ1) is 10.3. The van der Waals surface area contributed by atoms with Crippen molar-refractivity contribution < 1.29 is 13.3 Å². The molecule has 1 saturated heterocycles. The molecule has 0 bridgehead atoms. The Kier molecular flexibility index (Phi) is 4.94. The number of nitrogens with one attached hydrogen (secondary N) is 1. The lowest BCUT2D eigenvalue weighted by Crippen LogP contribution is -2.42. The van der Waals surface area contributed by atoms with E-state index >= 15 is 0 Å². The van der Waals surface area contributed by atoms with Crippen molar-refractivity contribution in [2.75, 3.05) is 24.5 Å². The third kappa shape index (κ3) is 4.36. The Morgan fingerprint density at radius 1 is 1.59 bits per heavy atom. The Hall–Kier alpha value is -1.78. The molecule has 2 heterocycles. The molecule has 0 radical (unpaired) electrons. The van der Waals surface area contributed by atoms with Gasteiger partial charge in [0.2, 0.25) is 0 Å². The predicted molar refractivity (Wildman–Crippen MR) is 81.7 cm³/mol. The van der Waals surface area contributed by atoms with Crippen molar-refractivity contribution in [2.24, 2.45) is 11.1 Å². The zero-order chi connectivity index (χ0) is 16.3. The van der Waals surface area contributed by atoms with E-state index in [0.717, 1.165) is 19.4 Å². The Balaban J connectivity index is 2.06. The van der Waals surface area contributed by atoms with Crippen molar-refractivity contribution in [2.45, 2.75) is 19.8 Å². The first-order valence-corrected chi connectivity index (χ1v) is 8.44. The Labute approximate surface area is 128 Å². The molecular weight excluding hydrogens is 310 g/mol. The standard InChI is InChI=1S/C12H19N5O4S/c1-9-5-12(14-7-11(9)17(18)19)16-4-2-3-10(8-16)6-15-22(13,20)21/h5,7,10,15H,2-4,6,8H2,1H3,(H2,13,20,21). The van der Waals surface area contributed by atoms with E-state index in [4.69, 9.17) is 5.14 Å². The van der Waals surface area contributed by atoms with Crippen LogP contribution in [0.3, 0.4) is 0 Å². The number of aromatic nitrogens is 1. The van der Waals surface area contributed by atoms with Gasteiger partial charge in [-0.05, 0) is 31.7 Å². The molecule has 1 fully saturated rings. The lowest BCUT2D eigenvalue weighted by molar-refractivity contribution is -0.385. The maximum absolute atomic E-state index is 10.9. The van der Waals surface area contributed by atoms with Crippen LogP contribution in [-0.4, -0.2) is 38.0 Å². The summed E-state index contributed by atoms with van der Waals surface area (Å²) < 4.78 is 24.2. The van der Waals surface area contributed by atoms with Gasteiger partial charge < -0.3 is 4.90 Å². The summed E-state index contributed by atoms with van der Waals surface area (Å²) in [7, 11) is -3.69. The molecule has 0 amide bonds. The van der Waals surface area contributed by atoms with E-state index in [-0.39, 0.29) is 18.2 Å². The summed E-state index contributed by atoms with van der Waals surface area (Å²) in [5.74, 6) is 0.799. The molecular formula is C12H19N5O4S. The minimum absolute atomic E-state index is 0.00630. The monoisotopic (exact) mass is 329 g/mol. The number of rotatable bonds is 5. The molecule has 122 valence electrons. The zero-order valence-corrected chi connectivity index (χ0v) is 13.0. The molecule has 0 saturated carbocycles. The lowest BCUT2D eigenvalue weighted by Gasteiger charge is -2.33. The number of aryl methyl sites for hydroxylation is 1. The van der Waals surface area contributed by atoms with Crippen LogP contribution in [0.25, 0.3) is 0 Å². The van der Waals surface area contributed by atoms with Gasteiger partial charge >= 0.3 is 0 Å². The highest BCUT2D eigenvalue weighted by atomic mass is 32.2. The Morgan fingerprint density at radius 2 is 2.32 bits per heavy atom. The van der Waals surface area contributed by atoms with E-state index in [1.165, 1.54) is 6.20 Å². The zero-order valence-electron chi connectivity index (χ0n) is 12.2. The number of nitrogens with two attached hydrogens (primary N) is 1. The van der Waals surface area contributed by atoms with Crippen LogP contribution >= 0.6 is 0 Å². The molecule has 1 aliphatic rings. The molecule has 0 aliphatic carbocycles. The van der Waals surface area contributed by atoms with Gasteiger partial charge in [0, 0.05) is 25.2 Å². The quantitative estimate of drug-likeness (QED) is 0.590. The number of hydrogen-bond acceptors (Lipinski definition) is 6. The minimum atomic E-state index is -3.69. The topological polar surface area (TPSA) is 131 Å². The molecule has 2 rings (SSSR count). The maximum Gasteiger partial charge on any atom is 0.290 e. The van der Waals surface area contributed by atoms with E-state index in [9.17, 15) is 18.5 Å². The number of nitrogens with zero attached hydrogens (tertiary/aromatic N) is 3. The summed E-state index contributed by atoms with van der Waals surface area (Å²) in [6.45, 7) is 3.37. The van der Waals surface area contributed by atoms with Crippen LogP contribution in [0.4, 0.5) is 11.5 Å². The summed E-state index contributed by atoms with van der Waals surface area (Å²) in [5, 5.41) is 15.8. The summed E-state index contributed by atoms with van der Waals surface area (Å²) in [6.07, 6.45) is 3.05. The SMILES string of the molecule is Cc1cc(N2CCCC(CNS(N)(=O)=O)C2)ncc1[N+](=O)[O-]. The van der Waals surface area contributed by atoms with Crippen LogP contribution in [0.5, 0.6) is 0 Å². The normalized spacial score (nSPS) is 19.2. The summed E-state index contributed by atoms with van der Waals surface area (Å²) >= 11 is 0. The molecule has 3 N–H and O–H groups in total. The molecule has 0 spiro atoms. The van der Waals surface area contributed by atoms with Gasteiger partial charge in [0.25, 0.3) is 15.9 Å².